The first-order valence-electron chi connectivity index (χ1n) is 8.43. The average Bonchev–Trinajstić information content (AvgIpc) is 2.38. The molecule has 2 unspecified atom stereocenters. The van der Waals surface area contributed by atoms with Crippen molar-refractivity contribution >= 4 is 0 Å². The summed E-state index contributed by atoms with van der Waals surface area (Å²) in [6, 6.07) is 0. The van der Waals surface area contributed by atoms with Crippen LogP contribution < -0.4 is 0 Å². The summed E-state index contributed by atoms with van der Waals surface area (Å²) in [6.07, 6.45) is 9.09. The Hall–Kier alpha value is -0.0800. The highest BCUT2D eigenvalue weighted by Crippen LogP contribution is 2.39. The Morgan fingerprint density at radius 2 is 1.84 bits per heavy atom. The molecule has 1 heterocycles. The third-order valence-electron chi connectivity index (χ3n) is 5.54. The van der Waals surface area contributed by atoms with E-state index in [-0.39, 0.29) is 11.5 Å². The predicted molar refractivity (Wildman–Crippen MR) is 81.2 cm³/mol. The summed E-state index contributed by atoms with van der Waals surface area (Å²) in [5.41, 5.74) is 0.128. The molecule has 0 aromatic rings. The second-order valence-corrected chi connectivity index (χ2v) is 7.62. The van der Waals surface area contributed by atoms with Crippen molar-refractivity contribution in [3.05, 3.63) is 0 Å². The SMILES string of the molecule is CCCC1CCN(CC2CCCC(C)(C)C2O)CC1. The standard InChI is InChI=1S/C17H33NO/c1-4-6-14-8-11-18(12-9-14)13-15-7-5-10-17(2,3)16(15)19/h14-16,19H,4-13H2,1-3H3. The number of piperidine rings is 1. The predicted octanol–water partition coefficient (Wildman–Crippen LogP) is 3.69. The Labute approximate surface area is 119 Å². The molecule has 112 valence electrons. The molecule has 0 radical (unpaired) electrons. The number of rotatable bonds is 4. The number of hydrogen-bond donors (Lipinski definition) is 1. The molecular weight excluding hydrogens is 234 g/mol. The van der Waals surface area contributed by atoms with Gasteiger partial charge in [0.2, 0.25) is 0 Å². The van der Waals surface area contributed by atoms with Crippen LogP contribution in [0.25, 0.3) is 0 Å². The van der Waals surface area contributed by atoms with E-state index in [2.05, 4.69) is 25.7 Å². The molecule has 2 fully saturated rings. The third kappa shape index (κ3) is 3.95. The highest BCUT2D eigenvalue weighted by Gasteiger charge is 2.38. The lowest BCUT2D eigenvalue weighted by atomic mass is 9.69. The van der Waals surface area contributed by atoms with Gasteiger partial charge in [-0.3, -0.25) is 0 Å². The molecule has 2 aliphatic rings. The van der Waals surface area contributed by atoms with Gasteiger partial charge in [0.05, 0.1) is 6.10 Å². The van der Waals surface area contributed by atoms with Crippen LogP contribution in [0, 0.1) is 17.3 Å². The second kappa shape index (κ2) is 6.58. The van der Waals surface area contributed by atoms with Gasteiger partial charge in [0.25, 0.3) is 0 Å². The molecule has 0 bridgehead atoms. The van der Waals surface area contributed by atoms with Gasteiger partial charge in [-0.15, -0.1) is 0 Å². The zero-order chi connectivity index (χ0) is 13.9. The maximum atomic E-state index is 10.5. The van der Waals surface area contributed by atoms with Gasteiger partial charge in [0, 0.05) is 6.54 Å². The van der Waals surface area contributed by atoms with Gasteiger partial charge in [0.1, 0.15) is 0 Å². The maximum Gasteiger partial charge on any atom is 0.0631 e. The minimum atomic E-state index is -0.102. The fourth-order valence-corrected chi connectivity index (χ4v) is 4.15. The Bertz CT molecular complexity index is 268. The Morgan fingerprint density at radius 3 is 2.47 bits per heavy atom. The summed E-state index contributed by atoms with van der Waals surface area (Å²) in [5, 5.41) is 10.5. The van der Waals surface area contributed by atoms with Crippen molar-refractivity contribution in [1.82, 2.24) is 4.90 Å². The monoisotopic (exact) mass is 267 g/mol. The molecule has 0 aromatic carbocycles. The van der Waals surface area contributed by atoms with Crippen molar-refractivity contribution in [3.63, 3.8) is 0 Å². The summed E-state index contributed by atoms with van der Waals surface area (Å²) in [5.74, 6) is 1.47. The van der Waals surface area contributed by atoms with Gasteiger partial charge in [-0.1, -0.05) is 40.0 Å². The van der Waals surface area contributed by atoms with E-state index >= 15 is 0 Å². The van der Waals surface area contributed by atoms with Crippen LogP contribution in [-0.4, -0.2) is 35.7 Å². The van der Waals surface area contributed by atoms with E-state index in [1.807, 2.05) is 0 Å². The second-order valence-electron chi connectivity index (χ2n) is 7.62. The van der Waals surface area contributed by atoms with Crippen LogP contribution in [0.1, 0.15) is 65.7 Å². The van der Waals surface area contributed by atoms with Gasteiger partial charge in [-0.25, -0.2) is 0 Å². The molecule has 1 saturated carbocycles. The first kappa shape index (κ1) is 15.3. The molecule has 2 heteroatoms. The summed E-state index contributed by atoms with van der Waals surface area (Å²) in [6.45, 7) is 10.4. The van der Waals surface area contributed by atoms with Crippen LogP contribution in [0.3, 0.4) is 0 Å². The molecule has 1 N–H and O–H groups in total. The lowest BCUT2D eigenvalue weighted by Crippen LogP contribution is -2.46. The van der Waals surface area contributed by atoms with E-state index in [0.717, 1.165) is 12.5 Å². The van der Waals surface area contributed by atoms with Crippen LogP contribution in [0.5, 0.6) is 0 Å². The van der Waals surface area contributed by atoms with Gasteiger partial charge in [-0.2, -0.15) is 0 Å². The molecule has 2 atom stereocenters. The van der Waals surface area contributed by atoms with Crippen molar-refractivity contribution in [2.75, 3.05) is 19.6 Å². The molecule has 0 spiro atoms. The van der Waals surface area contributed by atoms with Gasteiger partial charge in [0.15, 0.2) is 0 Å². The normalized spacial score (nSPS) is 33.5. The summed E-state index contributed by atoms with van der Waals surface area (Å²) >= 11 is 0. The fraction of sp³-hybridized carbons (Fsp3) is 1.00. The molecule has 2 rings (SSSR count). The topological polar surface area (TPSA) is 23.5 Å². The number of aliphatic hydroxyl groups is 1. The molecule has 19 heavy (non-hydrogen) atoms. The van der Waals surface area contributed by atoms with Crippen molar-refractivity contribution in [3.8, 4) is 0 Å². The molecule has 1 aliphatic carbocycles. The van der Waals surface area contributed by atoms with Gasteiger partial charge in [-0.05, 0) is 56.0 Å². The highest BCUT2D eigenvalue weighted by atomic mass is 16.3. The van der Waals surface area contributed by atoms with Crippen molar-refractivity contribution in [1.29, 1.82) is 0 Å². The summed E-state index contributed by atoms with van der Waals surface area (Å²) < 4.78 is 0. The quantitative estimate of drug-likeness (QED) is 0.840. The zero-order valence-corrected chi connectivity index (χ0v) is 13.2. The highest BCUT2D eigenvalue weighted by molar-refractivity contribution is 4.90. The number of hydrogen-bond acceptors (Lipinski definition) is 2. The summed E-state index contributed by atoms with van der Waals surface area (Å²) in [7, 11) is 0. The zero-order valence-electron chi connectivity index (χ0n) is 13.2. The maximum absolute atomic E-state index is 10.5. The number of likely N-dealkylation sites (tertiary alicyclic amines) is 1. The van der Waals surface area contributed by atoms with Gasteiger partial charge < -0.3 is 10.0 Å². The van der Waals surface area contributed by atoms with E-state index in [4.69, 9.17) is 0 Å². The van der Waals surface area contributed by atoms with E-state index in [1.165, 1.54) is 58.0 Å². The fourth-order valence-electron chi connectivity index (χ4n) is 4.15. The van der Waals surface area contributed by atoms with E-state index in [1.54, 1.807) is 0 Å². The molecule has 0 amide bonds. The largest absolute Gasteiger partial charge is 0.392 e. The van der Waals surface area contributed by atoms with Crippen molar-refractivity contribution in [2.24, 2.45) is 17.3 Å². The Balaban J connectivity index is 1.79. The van der Waals surface area contributed by atoms with Crippen LogP contribution in [0.15, 0.2) is 0 Å². The van der Waals surface area contributed by atoms with Crippen LogP contribution in [0.2, 0.25) is 0 Å². The number of aliphatic hydroxyl groups excluding tert-OH is 1. The van der Waals surface area contributed by atoms with Crippen LogP contribution >= 0.6 is 0 Å². The molecule has 2 nitrogen and oxygen atoms in total. The molecule has 0 aromatic heterocycles. The van der Waals surface area contributed by atoms with Gasteiger partial charge >= 0.3 is 0 Å². The van der Waals surface area contributed by atoms with E-state index < -0.39 is 0 Å². The Kier molecular flexibility index (Phi) is 5.30. The van der Waals surface area contributed by atoms with E-state index in [9.17, 15) is 5.11 Å². The number of nitrogens with zero attached hydrogens (tertiary/aromatic N) is 1. The molecule has 1 saturated heterocycles. The lowest BCUT2D eigenvalue weighted by molar-refractivity contribution is -0.0455. The first-order chi connectivity index (χ1) is 9.03. The average molecular weight is 267 g/mol. The molecule has 1 aliphatic heterocycles. The van der Waals surface area contributed by atoms with Crippen LogP contribution in [0.4, 0.5) is 0 Å². The minimum Gasteiger partial charge on any atom is -0.392 e. The molecular formula is C17H33NO. The Morgan fingerprint density at radius 1 is 1.16 bits per heavy atom. The minimum absolute atomic E-state index is 0.102. The lowest BCUT2D eigenvalue weighted by Gasteiger charge is -2.43. The van der Waals surface area contributed by atoms with Crippen molar-refractivity contribution in [2.45, 2.75) is 71.8 Å². The first-order valence-corrected chi connectivity index (χ1v) is 8.43. The van der Waals surface area contributed by atoms with Crippen LogP contribution in [-0.2, 0) is 0 Å². The smallest absolute Gasteiger partial charge is 0.0631 e. The van der Waals surface area contributed by atoms with E-state index in [0.29, 0.717) is 5.92 Å². The summed E-state index contributed by atoms with van der Waals surface area (Å²) in [4.78, 5) is 2.61. The van der Waals surface area contributed by atoms with Crippen molar-refractivity contribution < 1.29 is 5.11 Å². The third-order valence-corrected chi connectivity index (χ3v) is 5.54.